The first-order valence-corrected chi connectivity index (χ1v) is 7.17. The number of rotatable bonds is 4. The lowest BCUT2D eigenvalue weighted by Gasteiger charge is -2.39. The molecular weight excluding hydrogens is 408 g/mol. The van der Waals surface area contributed by atoms with E-state index in [0.29, 0.717) is 45.7 Å². The Morgan fingerprint density at radius 2 is 1.91 bits per heavy atom. The second kappa shape index (κ2) is 10.2. The summed E-state index contributed by atoms with van der Waals surface area (Å²) in [5.41, 5.74) is 0. The summed E-state index contributed by atoms with van der Waals surface area (Å²) in [5.74, 6) is 3.25. The van der Waals surface area contributed by atoms with E-state index in [-0.39, 0.29) is 24.0 Å². The topological polar surface area (TPSA) is 30.9 Å². The zero-order chi connectivity index (χ0) is 15.9. The van der Waals surface area contributed by atoms with Crippen LogP contribution in [0.4, 0.5) is 13.2 Å². The van der Waals surface area contributed by atoms with Crippen LogP contribution in [0.3, 0.4) is 0 Å². The molecular formula is C14H24F3IN4. The highest BCUT2D eigenvalue weighted by molar-refractivity contribution is 14.0. The molecule has 1 aliphatic rings. The Morgan fingerprint density at radius 1 is 1.32 bits per heavy atom. The van der Waals surface area contributed by atoms with Gasteiger partial charge < -0.3 is 10.2 Å². The maximum Gasteiger partial charge on any atom is 0.403 e. The third kappa shape index (κ3) is 6.60. The number of nitrogens with one attached hydrogen (secondary N) is 1. The van der Waals surface area contributed by atoms with Crippen LogP contribution in [-0.2, 0) is 0 Å². The highest BCUT2D eigenvalue weighted by Gasteiger charge is 2.40. The number of aliphatic imine (C=N–C) groups is 1. The Balaban J connectivity index is 0.00000441. The minimum Gasteiger partial charge on any atom is -0.357 e. The van der Waals surface area contributed by atoms with Crippen molar-refractivity contribution in [1.29, 1.82) is 0 Å². The van der Waals surface area contributed by atoms with Gasteiger partial charge in [-0.25, -0.2) is 0 Å². The molecule has 0 spiro atoms. The van der Waals surface area contributed by atoms with Crippen molar-refractivity contribution in [2.75, 3.05) is 39.3 Å². The number of alkyl halides is 3. The van der Waals surface area contributed by atoms with Gasteiger partial charge in [-0.1, -0.05) is 0 Å². The summed E-state index contributed by atoms with van der Waals surface area (Å²) in [6.07, 6.45) is 1.58. The highest BCUT2D eigenvalue weighted by Crippen LogP contribution is 2.25. The second-order valence-electron chi connectivity index (χ2n) is 4.93. The van der Waals surface area contributed by atoms with Crippen LogP contribution >= 0.6 is 24.0 Å². The number of guanidine groups is 1. The maximum absolute atomic E-state index is 12.7. The number of hydrogen-bond acceptors (Lipinski definition) is 2. The molecule has 1 heterocycles. The van der Waals surface area contributed by atoms with Crippen molar-refractivity contribution in [1.82, 2.24) is 15.1 Å². The number of nitrogens with zero attached hydrogens (tertiary/aromatic N) is 3. The van der Waals surface area contributed by atoms with E-state index in [1.165, 1.54) is 11.8 Å². The first kappa shape index (κ1) is 21.3. The average Bonchev–Trinajstić information content (AvgIpc) is 2.45. The van der Waals surface area contributed by atoms with Gasteiger partial charge in [0.1, 0.15) is 6.04 Å². The summed E-state index contributed by atoms with van der Waals surface area (Å²) >= 11 is 0. The molecule has 1 aliphatic heterocycles. The third-order valence-electron chi connectivity index (χ3n) is 3.49. The van der Waals surface area contributed by atoms with Crippen LogP contribution in [0.5, 0.6) is 0 Å². The van der Waals surface area contributed by atoms with Crippen LogP contribution in [0.1, 0.15) is 20.3 Å². The van der Waals surface area contributed by atoms with Gasteiger partial charge in [0.25, 0.3) is 0 Å². The molecule has 0 amide bonds. The minimum atomic E-state index is -4.17. The van der Waals surface area contributed by atoms with Crippen molar-refractivity contribution in [3.8, 4) is 12.3 Å². The number of terminal acetylenes is 1. The van der Waals surface area contributed by atoms with Crippen LogP contribution in [0.2, 0.25) is 0 Å². The first-order valence-electron chi connectivity index (χ1n) is 7.17. The van der Waals surface area contributed by atoms with E-state index in [9.17, 15) is 13.2 Å². The standard InChI is InChI=1S/C14H23F3N4.HI/c1-4-6-7-19-13(18-5-2)21-10-8-20(9-11-21)12(3)14(15,16)17;/h1,12H,5-11H2,2-3H3,(H,18,19);1H. The monoisotopic (exact) mass is 432 g/mol. The van der Waals surface area contributed by atoms with Gasteiger partial charge in [0.05, 0.1) is 6.54 Å². The first-order chi connectivity index (χ1) is 9.90. The van der Waals surface area contributed by atoms with E-state index in [1.807, 2.05) is 11.8 Å². The molecule has 1 rings (SSSR count). The number of halogens is 4. The molecule has 0 bridgehead atoms. The molecule has 1 unspecified atom stereocenters. The van der Waals surface area contributed by atoms with Crippen molar-refractivity contribution < 1.29 is 13.2 Å². The fourth-order valence-electron chi connectivity index (χ4n) is 2.18. The molecule has 4 nitrogen and oxygen atoms in total. The van der Waals surface area contributed by atoms with Gasteiger partial charge >= 0.3 is 6.18 Å². The van der Waals surface area contributed by atoms with Crippen LogP contribution in [0.15, 0.2) is 4.99 Å². The lowest BCUT2D eigenvalue weighted by molar-refractivity contribution is -0.181. The Bertz CT molecular complexity index is 385. The van der Waals surface area contributed by atoms with Gasteiger partial charge in [0.2, 0.25) is 0 Å². The van der Waals surface area contributed by atoms with Crippen LogP contribution in [-0.4, -0.2) is 67.2 Å². The highest BCUT2D eigenvalue weighted by atomic mass is 127. The molecule has 0 aromatic carbocycles. The van der Waals surface area contributed by atoms with Crippen molar-refractivity contribution in [2.45, 2.75) is 32.5 Å². The molecule has 1 fully saturated rings. The summed E-state index contributed by atoms with van der Waals surface area (Å²) < 4.78 is 38.1. The lowest BCUT2D eigenvalue weighted by Crippen LogP contribution is -2.56. The predicted molar refractivity (Wildman–Crippen MR) is 93.5 cm³/mol. The van der Waals surface area contributed by atoms with E-state index < -0.39 is 12.2 Å². The third-order valence-corrected chi connectivity index (χ3v) is 3.49. The Kier molecular flexibility index (Phi) is 9.84. The van der Waals surface area contributed by atoms with Crippen molar-refractivity contribution in [3.63, 3.8) is 0 Å². The summed E-state index contributed by atoms with van der Waals surface area (Å²) in [6, 6.07) is -1.40. The largest absolute Gasteiger partial charge is 0.403 e. The molecule has 0 aromatic rings. The average molecular weight is 432 g/mol. The minimum absolute atomic E-state index is 0. The fourth-order valence-corrected chi connectivity index (χ4v) is 2.18. The quantitative estimate of drug-likeness (QED) is 0.243. The van der Waals surface area contributed by atoms with E-state index in [0.717, 1.165) is 5.96 Å². The second-order valence-corrected chi connectivity index (χ2v) is 4.93. The van der Waals surface area contributed by atoms with E-state index in [2.05, 4.69) is 16.2 Å². The van der Waals surface area contributed by atoms with E-state index >= 15 is 0 Å². The molecule has 22 heavy (non-hydrogen) atoms. The summed E-state index contributed by atoms with van der Waals surface area (Å²) in [6.45, 7) is 6.22. The number of piperazine rings is 1. The van der Waals surface area contributed by atoms with Gasteiger partial charge in [0.15, 0.2) is 5.96 Å². The van der Waals surface area contributed by atoms with Crippen molar-refractivity contribution in [2.24, 2.45) is 4.99 Å². The Hall–Kier alpha value is -0.690. The SMILES string of the molecule is C#CCCN=C(NCC)N1CCN(C(C)C(F)(F)F)CC1.I. The molecule has 1 saturated heterocycles. The maximum atomic E-state index is 12.7. The summed E-state index contributed by atoms with van der Waals surface area (Å²) in [7, 11) is 0. The molecule has 0 saturated carbocycles. The summed E-state index contributed by atoms with van der Waals surface area (Å²) in [5, 5.41) is 3.15. The van der Waals surface area contributed by atoms with Crippen molar-refractivity contribution in [3.05, 3.63) is 0 Å². The van der Waals surface area contributed by atoms with Gasteiger partial charge in [-0.3, -0.25) is 9.89 Å². The molecule has 1 atom stereocenters. The van der Waals surface area contributed by atoms with Gasteiger partial charge in [-0.15, -0.1) is 36.3 Å². The normalized spacial score (nSPS) is 18.4. The van der Waals surface area contributed by atoms with E-state index in [1.54, 1.807) is 0 Å². The molecule has 1 N–H and O–H groups in total. The molecule has 128 valence electrons. The van der Waals surface area contributed by atoms with Crippen LogP contribution < -0.4 is 5.32 Å². The Labute approximate surface area is 147 Å². The molecule has 0 aromatic heterocycles. The molecule has 0 radical (unpaired) electrons. The van der Waals surface area contributed by atoms with Gasteiger partial charge in [-0.05, 0) is 13.8 Å². The fraction of sp³-hybridized carbons (Fsp3) is 0.786. The van der Waals surface area contributed by atoms with Crippen molar-refractivity contribution >= 4 is 29.9 Å². The van der Waals surface area contributed by atoms with Gasteiger partial charge in [-0.2, -0.15) is 13.2 Å². The van der Waals surface area contributed by atoms with Crippen LogP contribution in [0.25, 0.3) is 0 Å². The zero-order valence-corrected chi connectivity index (χ0v) is 15.3. The van der Waals surface area contributed by atoms with Gasteiger partial charge in [0, 0.05) is 39.1 Å². The molecule has 0 aliphatic carbocycles. The smallest absolute Gasteiger partial charge is 0.357 e. The number of hydrogen-bond donors (Lipinski definition) is 1. The summed E-state index contributed by atoms with van der Waals surface area (Å²) in [4.78, 5) is 7.84. The Morgan fingerprint density at radius 3 is 2.36 bits per heavy atom. The van der Waals surface area contributed by atoms with E-state index in [4.69, 9.17) is 6.42 Å². The predicted octanol–water partition coefficient (Wildman–Crippen LogP) is 2.16. The zero-order valence-electron chi connectivity index (χ0n) is 13.0. The molecule has 8 heteroatoms. The lowest BCUT2D eigenvalue weighted by atomic mass is 10.2. The van der Waals surface area contributed by atoms with Crippen LogP contribution in [0, 0.1) is 12.3 Å².